The summed E-state index contributed by atoms with van der Waals surface area (Å²) in [4.78, 5) is 0. The third-order valence-electron chi connectivity index (χ3n) is 3.00. The highest BCUT2D eigenvalue weighted by Crippen LogP contribution is 2.33. The molecule has 1 N–H and O–H groups in total. The molecule has 1 fully saturated rings. The molecule has 0 radical (unpaired) electrons. The maximum Gasteiger partial charge on any atom is 0.0320 e. The van der Waals surface area contributed by atoms with E-state index in [9.17, 15) is 0 Å². The van der Waals surface area contributed by atoms with Crippen LogP contribution in [0.2, 0.25) is 0 Å². The number of rotatable bonds is 4. The number of nitrogens with one attached hydrogen (secondary N) is 1. The van der Waals surface area contributed by atoms with Gasteiger partial charge in [-0.2, -0.15) is 0 Å². The Bertz CT molecular complexity index is 351. The van der Waals surface area contributed by atoms with Gasteiger partial charge in [-0.3, -0.25) is 0 Å². The van der Waals surface area contributed by atoms with Crippen LogP contribution in [0, 0.1) is 5.92 Å². The fraction of sp³-hybridized carbons (Fsp3) is 0.500. The summed E-state index contributed by atoms with van der Waals surface area (Å²) in [5, 5.41) is 3.58. The number of hydrogen-bond donors (Lipinski definition) is 1. The van der Waals surface area contributed by atoms with Gasteiger partial charge in [0.2, 0.25) is 0 Å². The second-order valence-corrected chi connectivity index (χ2v) is 5.85. The third-order valence-corrected chi connectivity index (χ3v) is 4.88. The van der Waals surface area contributed by atoms with Gasteiger partial charge in [0.25, 0.3) is 0 Å². The van der Waals surface area contributed by atoms with Gasteiger partial charge >= 0.3 is 0 Å². The minimum atomic E-state index is 0.762. The molecule has 0 aromatic heterocycles. The highest BCUT2D eigenvalue weighted by molar-refractivity contribution is 9.13. The van der Waals surface area contributed by atoms with Gasteiger partial charge in [-0.25, -0.2) is 0 Å². The zero-order valence-corrected chi connectivity index (χ0v) is 11.9. The van der Waals surface area contributed by atoms with Crippen molar-refractivity contribution in [3.63, 3.8) is 0 Å². The Kier molecular flexibility index (Phi) is 3.86. The third kappa shape index (κ3) is 3.05. The minimum Gasteiger partial charge on any atom is -0.310 e. The van der Waals surface area contributed by atoms with Crippen molar-refractivity contribution in [3.8, 4) is 0 Å². The van der Waals surface area contributed by atoms with E-state index in [4.69, 9.17) is 0 Å². The second-order valence-electron chi connectivity index (χ2n) is 4.14. The van der Waals surface area contributed by atoms with Crippen molar-refractivity contribution in [2.75, 3.05) is 0 Å². The average Bonchev–Trinajstić information content (AvgIpc) is 2.98. The molecule has 0 amide bonds. The molecule has 1 aliphatic carbocycles. The second kappa shape index (κ2) is 4.98. The molecule has 1 aromatic carbocycles. The van der Waals surface area contributed by atoms with Crippen LogP contribution >= 0.6 is 31.9 Å². The number of halogens is 2. The molecule has 2 unspecified atom stereocenters. The molecule has 1 saturated carbocycles. The maximum atomic E-state index is 3.58. The van der Waals surface area contributed by atoms with Crippen LogP contribution in [0.1, 0.15) is 25.3 Å². The maximum absolute atomic E-state index is 3.58. The molecule has 0 spiro atoms. The molecule has 2 atom stereocenters. The van der Waals surface area contributed by atoms with Crippen molar-refractivity contribution in [1.82, 2.24) is 5.32 Å². The van der Waals surface area contributed by atoms with Crippen molar-refractivity contribution >= 4 is 31.9 Å². The van der Waals surface area contributed by atoms with E-state index in [1.807, 2.05) is 0 Å². The molecule has 1 aliphatic rings. The summed E-state index contributed by atoms with van der Waals surface area (Å²) in [7, 11) is 0. The van der Waals surface area contributed by atoms with Gasteiger partial charge in [0, 0.05) is 21.5 Å². The first-order chi connectivity index (χ1) is 7.20. The minimum absolute atomic E-state index is 0.762. The lowest BCUT2D eigenvalue weighted by Gasteiger charge is -2.05. The molecule has 0 heterocycles. The first kappa shape index (κ1) is 11.6. The summed E-state index contributed by atoms with van der Waals surface area (Å²) < 4.78 is 2.24. The Morgan fingerprint density at radius 3 is 2.73 bits per heavy atom. The van der Waals surface area contributed by atoms with Gasteiger partial charge < -0.3 is 5.32 Å². The van der Waals surface area contributed by atoms with E-state index in [0.717, 1.165) is 27.4 Å². The standard InChI is InChI=1S/C12H15Br2N/c1-2-9-6-12(9)15-7-8-3-4-10(13)11(14)5-8/h3-5,9,12,15H,2,6-7H2,1H3. The van der Waals surface area contributed by atoms with Crippen molar-refractivity contribution in [1.29, 1.82) is 0 Å². The topological polar surface area (TPSA) is 12.0 Å². The van der Waals surface area contributed by atoms with Crippen molar-refractivity contribution in [3.05, 3.63) is 32.7 Å². The van der Waals surface area contributed by atoms with Gasteiger partial charge in [0.05, 0.1) is 0 Å². The predicted octanol–water partition coefficient (Wildman–Crippen LogP) is 4.10. The summed E-state index contributed by atoms with van der Waals surface area (Å²) in [6.07, 6.45) is 2.66. The fourth-order valence-electron chi connectivity index (χ4n) is 1.85. The van der Waals surface area contributed by atoms with Crippen molar-refractivity contribution in [2.45, 2.75) is 32.4 Å². The van der Waals surface area contributed by atoms with Gasteiger partial charge in [-0.05, 0) is 61.9 Å². The first-order valence-electron chi connectivity index (χ1n) is 5.38. The number of hydrogen-bond acceptors (Lipinski definition) is 1. The van der Waals surface area contributed by atoms with Crippen LogP contribution in [0.3, 0.4) is 0 Å². The normalized spacial score (nSPS) is 24.2. The summed E-state index contributed by atoms with van der Waals surface area (Å²) in [6, 6.07) is 7.18. The summed E-state index contributed by atoms with van der Waals surface area (Å²) in [5.41, 5.74) is 1.34. The molecule has 3 heteroatoms. The highest BCUT2D eigenvalue weighted by atomic mass is 79.9. The van der Waals surface area contributed by atoms with E-state index in [-0.39, 0.29) is 0 Å². The Morgan fingerprint density at radius 1 is 1.33 bits per heavy atom. The molecule has 15 heavy (non-hydrogen) atoms. The molecule has 0 aliphatic heterocycles. The predicted molar refractivity (Wildman–Crippen MR) is 70.9 cm³/mol. The Balaban J connectivity index is 1.86. The Labute approximate surface area is 108 Å². The smallest absolute Gasteiger partial charge is 0.0320 e. The summed E-state index contributed by atoms with van der Waals surface area (Å²) >= 11 is 6.99. The van der Waals surface area contributed by atoms with E-state index in [2.05, 4.69) is 62.3 Å². The van der Waals surface area contributed by atoms with Gasteiger partial charge in [0.15, 0.2) is 0 Å². The number of benzene rings is 1. The van der Waals surface area contributed by atoms with E-state index in [1.54, 1.807) is 0 Å². The monoisotopic (exact) mass is 331 g/mol. The van der Waals surface area contributed by atoms with Crippen LogP contribution in [-0.4, -0.2) is 6.04 Å². The Hall–Kier alpha value is 0.140. The largest absolute Gasteiger partial charge is 0.310 e. The lowest BCUT2D eigenvalue weighted by Crippen LogP contribution is -2.17. The zero-order valence-electron chi connectivity index (χ0n) is 8.76. The van der Waals surface area contributed by atoms with Gasteiger partial charge in [-0.15, -0.1) is 0 Å². The van der Waals surface area contributed by atoms with Crippen molar-refractivity contribution in [2.24, 2.45) is 5.92 Å². The first-order valence-corrected chi connectivity index (χ1v) is 6.96. The molecule has 1 aromatic rings. The zero-order chi connectivity index (χ0) is 10.8. The molecule has 2 rings (SSSR count). The van der Waals surface area contributed by atoms with Crippen LogP contribution in [0.5, 0.6) is 0 Å². The van der Waals surface area contributed by atoms with E-state index < -0.39 is 0 Å². The van der Waals surface area contributed by atoms with Crippen molar-refractivity contribution < 1.29 is 0 Å². The van der Waals surface area contributed by atoms with E-state index in [1.165, 1.54) is 18.4 Å². The average molecular weight is 333 g/mol. The molecular weight excluding hydrogens is 318 g/mol. The fourth-order valence-corrected chi connectivity index (χ4v) is 2.52. The van der Waals surface area contributed by atoms with E-state index >= 15 is 0 Å². The molecule has 82 valence electrons. The van der Waals surface area contributed by atoms with Crippen LogP contribution < -0.4 is 5.32 Å². The van der Waals surface area contributed by atoms with E-state index in [0.29, 0.717) is 0 Å². The summed E-state index contributed by atoms with van der Waals surface area (Å²) in [5.74, 6) is 0.920. The Morgan fingerprint density at radius 2 is 2.13 bits per heavy atom. The lowest BCUT2D eigenvalue weighted by molar-refractivity contribution is 0.623. The highest BCUT2D eigenvalue weighted by Gasteiger charge is 2.34. The van der Waals surface area contributed by atoms with Crippen LogP contribution in [-0.2, 0) is 6.54 Å². The SMILES string of the molecule is CCC1CC1NCc1ccc(Br)c(Br)c1. The van der Waals surface area contributed by atoms with Gasteiger partial charge in [-0.1, -0.05) is 19.4 Å². The van der Waals surface area contributed by atoms with Crippen LogP contribution in [0.25, 0.3) is 0 Å². The van der Waals surface area contributed by atoms with Crippen LogP contribution in [0.15, 0.2) is 27.1 Å². The quantitative estimate of drug-likeness (QED) is 0.875. The molecule has 1 nitrogen and oxygen atoms in total. The molecular formula is C12H15Br2N. The molecule has 0 saturated heterocycles. The lowest BCUT2D eigenvalue weighted by atomic mass is 10.2. The van der Waals surface area contributed by atoms with Crippen LogP contribution in [0.4, 0.5) is 0 Å². The van der Waals surface area contributed by atoms with Gasteiger partial charge in [0.1, 0.15) is 0 Å². The summed E-state index contributed by atoms with van der Waals surface area (Å²) in [6.45, 7) is 3.25. The molecule has 0 bridgehead atoms.